The van der Waals surface area contributed by atoms with Crippen molar-refractivity contribution >= 4 is 0 Å². The van der Waals surface area contributed by atoms with Crippen molar-refractivity contribution < 1.29 is 24.1 Å². The van der Waals surface area contributed by atoms with E-state index in [4.69, 9.17) is 18.9 Å². The van der Waals surface area contributed by atoms with Crippen molar-refractivity contribution in [3.63, 3.8) is 0 Å². The van der Waals surface area contributed by atoms with Crippen LogP contribution in [0.25, 0.3) is 0 Å². The second-order valence-electron chi connectivity index (χ2n) is 4.15. The van der Waals surface area contributed by atoms with Gasteiger partial charge in [-0.25, -0.2) is 0 Å². The molecule has 1 N–H and O–H groups in total. The van der Waals surface area contributed by atoms with Gasteiger partial charge in [-0.05, 0) is 20.8 Å². The minimum absolute atomic E-state index is 0.165. The lowest BCUT2D eigenvalue weighted by molar-refractivity contribution is -0.244. The van der Waals surface area contributed by atoms with Crippen molar-refractivity contribution in [2.75, 3.05) is 26.9 Å². The Bertz CT molecular complexity index is 209. The van der Waals surface area contributed by atoms with Crippen LogP contribution in [-0.2, 0) is 18.9 Å². The third-order valence-corrected chi connectivity index (χ3v) is 3.01. The Kier molecular flexibility index (Phi) is 6.37. The van der Waals surface area contributed by atoms with Gasteiger partial charge in [0.05, 0.1) is 12.7 Å². The summed E-state index contributed by atoms with van der Waals surface area (Å²) in [5, 5.41) is 10.2. The van der Waals surface area contributed by atoms with Crippen LogP contribution < -0.4 is 0 Å². The summed E-state index contributed by atoms with van der Waals surface area (Å²) in [5.41, 5.74) is 0. The lowest BCUT2D eigenvalue weighted by Crippen LogP contribution is -2.59. The average molecular weight is 248 g/mol. The largest absolute Gasteiger partial charge is 0.387 e. The van der Waals surface area contributed by atoms with E-state index in [1.54, 1.807) is 7.11 Å². The normalized spacial score (nSPS) is 38.3. The molecular weight excluding hydrogens is 224 g/mol. The summed E-state index contributed by atoms with van der Waals surface area (Å²) in [6.45, 7) is 7.31. The fourth-order valence-corrected chi connectivity index (χ4v) is 2.20. The molecule has 1 saturated heterocycles. The van der Waals surface area contributed by atoms with Crippen LogP contribution >= 0.6 is 0 Å². The first kappa shape index (κ1) is 14.9. The highest BCUT2D eigenvalue weighted by molar-refractivity contribution is 4.92. The molecule has 0 aromatic carbocycles. The summed E-state index contributed by atoms with van der Waals surface area (Å²) in [6, 6.07) is 0. The molecule has 1 aliphatic rings. The van der Waals surface area contributed by atoms with Crippen LogP contribution in [0.4, 0.5) is 0 Å². The van der Waals surface area contributed by atoms with Crippen LogP contribution in [0.15, 0.2) is 0 Å². The number of methoxy groups -OCH3 is 1. The van der Waals surface area contributed by atoms with Crippen LogP contribution in [0.3, 0.4) is 0 Å². The number of aliphatic hydroxyl groups is 1. The number of ether oxygens (including phenoxy) is 4. The summed E-state index contributed by atoms with van der Waals surface area (Å²) in [7, 11) is 1.56. The van der Waals surface area contributed by atoms with Gasteiger partial charge in [-0.2, -0.15) is 0 Å². The van der Waals surface area contributed by atoms with E-state index < -0.39 is 12.2 Å². The highest BCUT2D eigenvalue weighted by atomic mass is 16.6. The van der Waals surface area contributed by atoms with Crippen LogP contribution in [0, 0.1) is 0 Å². The van der Waals surface area contributed by atoms with Gasteiger partial charge in [0, 0.05) is 20.3 Å². The van der Waals surface area contributed by atoms with Gasteiger partial charge in [0.1, 0.15) is 24.4 Å². The highest BCUT2D eigenvalue weighted by Crippen LogP contribution is 2.25. The zero-order valence-electron chi connectivity index (χ0n) is 11.1. The molecule has 0 radical (unpaired) electrons. The van der Waals surface area contributed by atoms with E-state index in [0.717, 1.165) is 0 Å². The summed E-state index contributed by atoms with van der Waals surface area (Å²) in [5.74, 6) is 0. The van der Waals surface area contributed by atoms with Gasteiger partial charge in [0.2, 0.25) is 0 Å². The maximum atomic E-state index is 10.2. The summed E-state index contributed by atoms with van der Waals surface area (Å²) in [6.07, 6.45) is -1.85. The van der Waals surface area contributed by atoms with Crippen LogP contribution in [-0.4, -0.2) is 62.6 Å². The molecule has 1 heterocycles. The zero-order chi connectivity index (χ0) is 12.8. The summed E-state index contributed by atoms with van der Waals surface area (Å²) < 4.78 is 21.9. The molecular formula is C12H24O5. The highest BCUT2D eigenvalue weighted by Gasteiger charge is 2.44. The minimum Gasteiger partial charge on any atom is -0.387 e. The van der Waals surface area contributed by atoms with Crippen molar-refractivity contribution in [3.05, 3.63) is 0 Å². The van der Waals surface area contributed by atoms with Crippen LogP contribution in [0.2, 0.25) is 0 Å². The number of rotatable bonds is 6. The van der Waals surface area contributed by atoms with Crippen molar-refractivity contribution in [3.8, 4) is 0 Å². The first-order chi connectivity index (χ1) is 8.15. The standard InChI is InChI=1S/C12H24O5/c1-5-15-7-9-12(14-4)10(13)11(16-6-2)8(3)17-9/h8-13H,5-7H2,1-4H3/t8-,9?,10-,11?,12-/m0/s1. The molecule has 17 heavy (non-hydrogen) atoms. The molecule has 1 fully saturated rings. The third-order valence-electron chi connectivity index (χ3n) is 3.01. The van der Waals surface area contributed by atoms with Crippen molar-refractivity contribution in [1.82, 2.24) is 0 Å². The molecule has 0 aliphatic carbocycles. The van der Waals surface area contributed by atoms with Gasteiger partial charge in [-0.1, -0.05) is 0 Å². The molecule has 0 spiro atoms. The molecule has 1 aliphatic heterocycles. The first-order valence-electron chi connectivity index (χ1n) is 6.21. The topological polar surface area (TPSA) is 57.2 Å². The molecule has 5 atom stereocenters. The maximum absolute atomic E-state index is 10.2. The van der Waals surface area contributed by atoms with Crippen LogP contribution in [0.5, 0.6) is 0 Å². The predicted molar refractivity (Wildman–Crippen MR) is 63.0 cm³/mol. The molecule has 0 saturated carbocycles. The fourth-order valence-electron chi connectivity index (χ4n) is 2.20. The second-order valence-corrected chi connectivity index (χ2v) is 4.15. The van der Waals surface area contributed by atoms with E-state index in [0.29, 0.717) is 19.8 Å². The Balaban J connectivity index is 2.65. The summed E-state index contributed by atoms with van der Waals surface area (Å²) >= 11 is 0. The van der Waals surface area contributed by atoms with Gasteiger partial charge >= 0.3 is 0 Å². The van der Waals surface area contributed by atoms with E-state index in [9.17, 15) is 5.11 Å². The molecule has 5 nitrogen and oxygen atoms in total. The Hall–Kier alpha value is -0.200. The maximum Gasteiger partial charge on any atom is 0.114 e. The zero-order valence-corrected chi connectivity index (χ0v) is 11.1. The van der Waals surface area contributed by atoms with Gasteiger partial charge < -0.3 is 24.1 Å². The predicted octanol–water partition coefficient (Wildman–Crippen LogP) is 0.591. The molecule has 0 aromatic rings. The quantitative estimate of drug-likeness (QED) is 0.745. The molecule has 1 rings (SSSR count). The Morgan fingerprint density at radius 1 is 1.18 bits per heavy atom. The van der Waals surface area contributed by atoms with Gasteiger partial charge in [0.25, 0.3) is 0 Å². The number of hydrogen-bond acceptors (Lipinski definition) is 5. The van der Waals surface area contributed by atoms with Gasteiger partial charge in [-0.15, -0.1) is 0 Å². The number of aliphatic hydroxyl groups excluding tert-OH is 1. The Labute approximate surface area is 103 Å². The van der Waals surface area contributed by atoms with Crippen molar-refractivity contribution in [2.45, 2.75) is 51.3 Å². The Morgan fingerprint density at radius 2 is 1.88 bits per heavy atom. The second kappa shape index (κ2) is 7.28. The number of hydrogen-bond donors (Lipinski definition) is 1. The van der Waals surface area contributed by atoms with E-state index in [2.05, 4.69) is 0 Å². The monoisotopic (exact) mass is 248 g/mol. The van der Waals surface area contributed by atoms with E-state index >= 15 is 0 Å². The molecule has 102 valence electrons. The van der Waals surface area contributed by atoms with E-state index in [-0.39, 0.29) is 18.3 Å². The Morgan fingerprint density at radius 3 is 2.41 bits per heavy atom. The van der Waals surface area contributed by atoms with E-state index in [1.165, 1.54) is 0 Å². The molecule has 0 amide bonds. The van der Waals surface area contributed by atoms with Gasteiger partial charge in [0.15, 0.2) is 0 Å². The smallest absolute Gasteiger partial charge is 0.114 e. The van der Waals surface area contributed by atoms with Gasteiger partial charge in [-0.3, -0.25) is 0 Å². The molecule has 0 bridgehead atoms. The first-order valence-corrected chi connectivity index (χ1v) is 6.21. The lowest BCUT2D eigenvalue weighted by Gasteiger charge is -2.42. The minimum atomic E-state index is -0.686. The average Bonchev–Trinajstić information content (AvgIpc) is 2.31. The lowest BCUT2D eigenvalue weighted by atomic mass is 9.95. The molecule has 5 heteroatoms. The van der Waals surface area contributed by atoms with Crippen molar-refractivity contribution in [2.24, 2.45) is 0 Å². The fraction of sp³-hybridized carbons (Fsp3) is 1.00. The SMILES string of the molecule is CCOCC1O[C@@H](C)C(OCC)[C@H](O)[C@H]1OC. The molecule has 0 aromatic heterocycles. The van der Waals surface area contributed by atoms with Crippen LogP contribution in [0.1, 0.15) is 20.8 Å². The third kappa shape index (κ3) is 3.63. The van der Waals surface area contributed by atoms with E-state index in [1.807, 2.05) is 20.8 Å². The summed E-state index contributed by atoms with van der Waals surface area (Å²) in [4.78, 5) is 0. The molecule has 2 unspecified atom stereocenters. The van der Waals surface area contributed by atoms with Crippen molar-refractivity contribution in [1.29, 1.82) is 0 Å².